The second-order valence-electron chi connectivity index (χ2n) is 9.03. The van der Waals surface area contributed by atoms with Crippen LogP contribution in [0.5, 0.6) is 0 Å². The lowest BCUT2D eigenvalue weighted by Gasteiger charge is -2.17. The van der Waals surface area contributed by atoms with Crippen LogP contribution in [-0.4, -0.2) is 30.7 Å². The first-order valence-electron chi connectivity index (χ1n) is 11.5. The van der Waals surface area contributed by atoms with Crippen LogP contribution in [0.2, 0.25) is 0 Å². The van der Waals surface area contributed by atoms with Crippen LogP contribution in [-0.2, 0) is 0 Å². The fourth-order valence-electron chi connectivity index (χ4n) is 4.81. The summed E-state index contributed by atoms with van der Waals surface area (Å²) in [4.78, 5) is 13.8. The fraction of sp³-hybridized carbons (Fsp3) is 0.308. The molecule has 7 nitrogen and oxygen atoms in total. The van der Waals surface area contributed by atoms with Gasteiger partial charge in [-0.05, 0) is 80.0 Å². The molecule has 4 aromatic rings. The quantitative estimate of drug-likeness (QED) is 0.453. The predicted octanol–water partition coefficient (Wildman–Crippen LogP) is 5.07. The molecular weight excluding hydrogens is 412 g/mol. The van der Waals surface area contributed by atoms with Gasteiger partial charge < -0.3 is 15.0 Å². The first-order chi connectivity index (χ1) is 16.2. The number of anilines is 2. The standard InChI is InChI=1S/C26H24N6O/c27-14-16-8-9-28-25(10-16)31-26-13-19(17-4-5-17)11-21(30-26)18-6-7-20-23(12-18)32(15-29-20)22-2-1-3-24(22)33/h6-13,15,17,22,24,33H,1-5H2,(H,28,30,31)/t22-,24-/m0/s1. The van der Waals surface area contributed by atoms with Crippen molar-refractivity contribution in [2.24, 2.45) is 0 Å². The Morgan fingerprint density at radius 2 is 1.91 bits per heavy atom. The van der Waals surface area contributed by atoms with E-state index >= 15 is 0 Å². The van der Waals surface area contributed by atoms with E-state index in [4.69, 9.17) is 4.98 Å². The lowest BCUT2D eigenvalue weighted by atomic mass is 10.1. The van der Waals surface area contributed by atoms with Crippen LogP contribution in [0.25, 0.3) is 22.3 Å². The molecule has 0 amide bonds. The number of aliphatic hydroxyl groups excluding tert-OH is 1. The molecule has 164 valence electrons. The summed E-state index contributed by atoms with van der Waals surface area (Å²) in [6.07, 6.45) is 8.37. The Morgan fingerprint density at radius 1 is 1.00 bits per heavy atom. The van der Waals surface area contributed by atoms with E-state index < -0.39 is 0 Å². The number of nitrogens with zero attached hydrogens (tertiary/aromatic N) is 5. The zero-order chi connectivity index (χ0) is 22.4. The number of pyridine rings is 2. The second kappa shape index (κ2) is 7.98. The molecule has 33 heavy (non-hydrogen) atoms. The van der Waals surface area contributed by atoms with Crippen LogP contribution < -0.4 is 5.32 Å². The molecule has 0 bridgehead atoms. The Labute approximate surface area is 191 Å². The zero-order valence-electron chi connectivity index (χ0n) is 18.1. The van der Waals surface area contributed by atoms with Crippen molar-refractivity contribution in [3.63, 3.8) is 0 Å². The van der Waals surface area contributed by atoms with Gasteiger partial charge in [0, 0.05) is 11.8 Å². The van der Waals surface area contributed by atoms with Gasteiger partial charge in [-0.1, -0.05) is 6.07 Å². The monoisotopic (exact) mass is 436 g/mol. The number of hydrogen-bond donors (Lipinski definition) is 2. The molecule has 2 aliphatic rings. The number of fused-ring (bicyclic) bond motifs is 1. The van der Waals surface area contributed by atoms with Gasteiger partial charge in [-0.25, -0.2) is 15.0 Å². The highest BCUT2D eigenvalue weighted by Gasteiger charge is 2.28. The number of aliphatic hydroxyl groups is 1. The van der Waals surface area contributed by atoms with Gasteiger partial charge in [-0.3, -0.25) is 0 Å². The van der Waals surface area contributed by atoms with Crippen molar-refractivity contribution >= 4 is 22.7 Å². The van der Waals surface area contributed by atoms with Crippen LogP contribution in [0, 0.1) is 11.3 Å². The van der Waals surface area contributed by atoms with Gasteiger partial charge in [-0.2, -0.15) is 5.26 Å². The van der Waals surface area contributed by atoms with Crippen molar-refractivity contribution in [2.75, 3.05) is 5.32 Å². The first kappa shape index (κ1) is 19.9. The summed E-state index contributed by atoms with van der Waals surface area (Å²) < 4.78 is 2.12. The largest absolute Gasteiger partial charge is 0.391 e. The zero-order valence-corrected chi connectivity index (χ0v) is 18.1. The Bertz CT molecular complexity index is 1380. The molecule has 0 spiro atoms. The highest BCUT2D eigenvalue weighted by Crippen LogP contribution is 2.42. The molecule has 2 fully saturated rings. The molecule has 0 unspecified atom stereocenters. The number of hydrogen-bond acceptors (Lipinski definition) is 6. The van der Waals surface area contributed by atoms with Crippen molar-refractivity contribution in [1.82, 2.24) is 19.5 Å². The van der Waals surface area contributed by atoms with Gasteiger partial charge in [0.2, 0.25) is 0 Å². The summed E-state index contributed by atoms with van der Waals surface area (Å²) in [6.45, 7) is 0. The van der Waals surface area contributed by atoms with E-state index in [0.717, 1.165) is 47.4 Å². The molecule has 0 aliphatic heterocycles. The van der Waals surface area contributed by atoms with E-state index in [1.807, 2.05) is 12.4 Å². The third kappa shape index (κ3) is 3.83. The van der Waals surface area contributed by atoms with Gasteiger partial charge in [0.1, 0.15) is 11.6 Å². The lowest BCUT2D eigenvalue weighted by Crippen LogP contribution is -2.17. The van der Waals surface area contributed by atoms with Crippen molar-refractivity contribution in [3.8, 4) is 17.3 Å². The van der Waals surface area contributed by atoms with Gasteiger partial charge >= 0.3 is 0 Å². The van der Waals surface area contributed by atoms with Crippen LogP contribution in [0.15, 0.2) is 55.0 Å². The molecule has 2 atom stereocenters. The minimum atomic E-state index is -0.324. The van der Waals surface area contributed by atoms with Gasteiger partial charge in [-0.15, -0.1) is 0 Å². The van der Waals surface area contributed by atoms with Crippen LogP contribution in [0.3, 0.4) is 0 Å². The molecule has 3 aromatic heterocycles. The Balaban J connectivity index is 1.40. The maximum atomic E-state index is 10.4. The lowest BCUT2D eigenvalue weighted by molar-refractivity contribution is 0.138. The average Bonchev–Trinajstić information content (AvgIpc) is 3.49. The molecule has 6 rings (SSSR count). The van der Waals surface area contributed by atoms with Crippen molar-refractivity contribution in [2.45, 2.75) is 50.2 Å². The van der Waals surface area contributed by atoms with Crippen molar-refractivity contribution in [1.29, 1.82) is 5.26 Å². The number of aromatic nitrogens is 4. The third-order valence-electron chi connectivity index (χ3n) is 6.71. The summed E-state index contributed by atoms with van der Waals surface area (Å²) in [5, 5.41) is 22.9. The highest BCUT2D eigenvalue weighted by atomic mass is 16.3. The molecule has 1 aromatic carbocycles. The van der Waals surface area contributed by atoms with E-state index in [1.165, 1.54) is 18.4 Å². The van der Waals surface area contributed by atoms with Crippen LogP contribution in [0.1, 0.15) is 55.2 Å². The Hall–Kier alpha value is -3.76. The van der Waals surface area contributed by atoms with Gasteiger partial charge in [0.05, 0.1) is 46.8 Å². The highest BCUT2D eigenvalue weighted by molar-refractivity contribution is 5.82. The summed E-state index contributed by atoms with van der Waals surface area (Å²) in [7, 11) is 0. The normalized spacial score (nSPS) is 20.1. The Kier molecular flexibility index (Phi) is 4.81. The average molecular weight is 437 g/mol. The first-order valence-corrected chi connectivity index (χ1v) is 11.5. The van der Waals surface area contributed by atoms with Crippen molar-refractivity contribution < 1.29 is 5.11 Å². The molecular formula is C26H24N6O. The number of imidazole rings is 1. The summed E-state index contributed by atoms with van der Waals surface area (Å²) in [6, 6.07) is 16.1. The van der Waals surface area contributed by atoms with Crippen LogP contribution >= 0.6 is 0 Å². The van der Waals surface area contributed by atoms with Gasteiger partial charge in [0.15, 0.2) is 0 Å². The third-order valence-corrected chi connectivity index (χ3v) is 6.71. The summed E-state index contributed by atoms with van der Waals surface area (Å²) in [5.41, 5.74) is 5.67. The van der Waals surface area contributed by atoms with E-state index in [1.54, 1.807) is 18.3 Å². The number of rotatable bonds is 5. The molecule has 0 radical (unpaired) electrons. The maximum Gasteiger partial charge on any atom is 0.132 e. The molecule has 3 heterocycles. The number of nitrogens with one attached hydrogen (secondary N) is 1. The molecule has 2 aliphatic carbocycles. The minimum absolute atomic E-state index is 0.0757. The SMILES string of the molecule is N#Cc1ccnc(Nc2cc(C3CC3)cc(-c3ccc4ncn([C@H]5CCC[C@@H]5O)c4c3)n2)c1. The van der Waals surface area contributed by atoms with E-state index in [0.29, 0.717) is 17.3 Å². The van der Waals surface area contributed by atoms with E-state index in [9.17, 15) is 10.4 Å². The fourth-order valence-corrected chi connectivity index (χ4v) is 4.81. The van der Waals surface area contributed by atoms with Crippen LogP contribution in [0.4, 0.5) is 11.6 Å². The Morgan fingerprint density at radius 3 is 2.70 bits per heavy atom. The van der Waals surface area contributed by atoms with E-state index in [2.05, 4.69) is 50.2 Å². The predicted molar refractivity (Wildman–Crippen MR) is 126 cm³/mol. The minimum Gasteiger partial charge on any atom is -0.391 e. The molecule has 7 heteroatoms. The van der Waals surface area contributed by atoms with Crippen molar-refractivity contribution in [3.05, 3.63) is 66.1 Å². The topological polar surface area (TPSA) is 99.7 Å². The van der Waals surface area contributed by atoms with E-state index in [-0.39, 0.29) is 12.1 Å². The number of nitriles is 1. The van der Waals surface area contributed by atoms with Gasteiger partial charge in [0.25, 0.3) is 0 Å². The summed E-state index contributed by atoms with van der Waals surface area (Å²) in [5.74, 6) is 1.88. The second-order valence-corrected chi connectivity index (χ2v) is 9.03. The molecule has 2 N–H and O–H groups in total. The molecule has 2 saturated carbocycles. The summed E-state index contributed by atoms with van der Waals surface area (Å²) >= 11 is 0. The number of benzene rings is 1. The molecule has 0 saturated heterocycles. The smallest absolute Gasteiger partial charge is 0.132 e. The maximum absolute atomic E-state index is 10.4.